The molecule has 0 bridgehead atoms. The first-order valence-electron chi connectivity index (χ1n) is 8.61. The van der Waals surface area contributed by atoms with E-state index in [-0.39, 0.29) is 11.7 Å². The van der Waals surface area contributed by atoms with Gasteiger partial charge in [0.05, 0.1) is 6.10 Å². The Balaban J connectivity index is 1.92. The highest BCUT2D eigenvalue weighted by Gasteiger charge is 2.08. The lowest BCUT2D eigenvalue weighted by Gasteiger charge is -2.12. The molecule has 0 aliphatic carbocycles. The van der Waals surface area contributed by atoms with Gasteiger partial charge in [0.1, 0.15) is 0 Å². The van der Waals surface area contributed by atoms with E-state index < -0.39 is 6.10 Å². The van der Waals surface area contributed by atoms with Gasteiger partial charge in [-0.2, -0.15) is 0 Å². The van der Waals surface area contributed by atoms with Crippen molar-refractivity contribution in [2.45, 2.75) is 38.7 Å². The Hall–Kier alpha value is -2.46. The van der Waals surface area contributed by atoms with Crippen molar-refractivity contribution in [1.29, 1.82) is 0 Å². The molecule has 1 unspecified atom stereocenters. The minimum absolute atomic E-state index is 0.0367. The Labute approximate surface area is 148 Å². The normalized spacial score (nSPS) is 11.8. The SMILES string of the molecule is CNC(=O)CCCCC(O)c1ccc(-c2ccc(C(C)=O)cc2)cc1. The molecule has 0 fully saturated rings. The first kappa shape index (κ1) is 18.9. The summed E-state index contributed by atoms with van der Waals surface area (Å²) in [7, 11) is 1.63. The largest absolute Gasteiger partial charge is 0.388 e. The number of amides is 1. The summed E-state index contributed by atoms with van der Waals surface area (Å²) in [5.41, 5.74) is 3.67. The van der Waals surface area contributed by atoms with Gasteiger partial charge in [-0.15, -0.1) is 0 Å². The van der Waals surface area contributed by atoms with E-state index in [0.29, 0.717) is 18.4 Å². The molecule has 4 heteroatoms. The number of carbonyl (C=O) groups excluding carboxylic acids is 2. The van der Waals surface area contributed by atoms with E-state index in [4.69, 9.17) is 0 Å². The van der Waals surface area contributed by atoms with E-state index >= 15 is 0 Å². The summed E-state index contributed by atoms with van der Waals surface area (Å²) in [5.74, 6) is 0.0936. The van der Waals surface area contributed by atoms with Crippen LogP contribution in [0.4, 0.5) is 0 Å². The zero-order valence-corrected chi connectivity index (χ0v) is 14.8. The van der Waals surface area contributed by atoms with Gasteiger partial charge in [-0.1, -0.05) is 55.0 Å². The van der Waals surface area contributed by atoms with Gasteiger partial charge < -0.3 is 10.4 Å². The molecule has 0 saturated heterocycles. The second-order valence-electron chi connectivity index (χ2n) is 6.19. The molecule has 2 aromatic rings. The fourth-order valence-electron chi connectivity index (χ4n) is 2.71. The van der Waals surface area contributed by atoms with Crippen LogP contribution in [0.2, 0.25) is 0 Å². The number of carbonyl (C=O) groups is 2. The van der Waals surface area contributed by atoms with E-state index in [0.717, 1.165) is 29.5 Å². The number of hydrogen-bond acceptors (Lipinski definition) is 3. The van der Waals surface area contributed by atoms with Crippen molar-refractivity contribution in [2.24, 2.45) is 0 Å². The van der Waals surface area contributed by atoms with Crippen LogP contribution in [0.25, 0.3) is 11.1 Å². The van der Waals surface area contributed by atoms with Gasteiger partial charge in [-0.05, 0) is 36.5 Å². The van der Waals surface area contributed by atoms with Crippen molar-refractivity contribution < 1.29 is 14.7 Å². The number of unbranched alkanes of at least 4 members (excludes halogenated alkanes) is 1. The molecule has 0 aliphatic rings. The quantitative estimate of drug-likeness (QED) is 0.566. The first-order chi connectivity index (χ1) is 12.0. The highest BCUT2D eigenvalue weighted by atomic mass is 16.3. The summed E-state index contributed by atoms with van der Waals surface area (Å²) < 4.78 is 0. The third-order valence-electron chi connectivity index (χ3n) is 4.33. The molecule has 0 radical (unpaired) electrons. The Bertz CT molecular complexity index is 705. The summed E-state index contributed by atoms with van der Waals surface area (Å²) in [6.45, 7) is 1.56. The molecule has 0 heterocycles. The number of rotatable bonds is 8. The third-order valence-corrected chi connectivity index (χ3v) is 4.33. The number of ketones is 1. The van der Waals surface area contributed by atoms with Gasteiger partial charge in [-0.3, -0.25) is 9.59 Å². The minimum atomic E-state index is -0.515. The molecule has 1 amide bonds. The van der Waals surface area contributed by atoms with Crippen LogP contribution < -0.4 is 5.32 Å². The predicted molar refractivity (Wildman–Crippen MR) is 99.4 cm³/mol. The zero-order valence-electron chi connectivity index (χ0n) is 14.8. The van der Waals surface area contributed by atoms with E-state index in [1.807, 2.05) is 48.5 Å². The Morgan fingerprint density at radius 3 is 2.04 bits per heavy atom. The molecular weight excluding hydrogens is 314 g/mol. The number of aliphatic hydroxyl groups excluding tert-OH is 1. The lowest BCUT2D eigenvalue weighted by atomic mass is 9.98. The fourth-order valence-corrected chi connectivity index (χ4v) is 2.71. The monoisotopic (exact) mass is 339 g/mol. The molecule has 2 rings (SSSR count). The second-order valence-corrected chi connectivity index (χ2v) is 6.19. The number of aliphatic hydroxyl groups is 1. The van der Waals surface area contributed by atoms with Gasteiger partial charge in [0.15, 0.2) is 5.78 Å². The van der Waals surface area contributed by atoms with Crippen molar-refractivity contribution in [3.63, 3.8) is 0 Å². The van der Waals surface area contributed by atoms with Crippen molar-refractivity contribution in [2.75, 3.05) is 7.05 Å². The van der Waals surface area contributed by atoms with E-state index in [2.05, 4.69) is 5.32 Å². The highest BCUT2D eigenvalue weighted by Crippen LogP contribution is 2.25. The molecule has 2 aromatic carbocycles. The Morgan fingerprint density at radius 1 is 0.960 bits per heavy atom. The van der Waals surface area contributed by atoms with Crippen LogP contribution in [0.1, 0.15) is 54.6 Å². The van der Waals surface area contributed by atoms with Crippen LogP contribution in [0.5, 0.6) is 0 Å². The molecule has 2 N–H and O–H groups in total. The summed E-state index contributed by atoms with van der Waals surface area (Å²) in [6.07, 6.45) is 2.21. The second kappa shape index (κ2) is 9.14. The van der Waals surface area contributed by atoms with Crippen LogP contribution in [-0.4, -0.2) is 23.8 Å². The number of hydrogen-bond donors (Lipinski definition) is 2. The molecule has 0 aromatic heterocycles. The Kier molecular flexibility index (Phi) is 6.90. The molecule has 0 aliphatic heterocycles. The summed E-state index contributed by atoms with van der Waals surface area (Å²) in [4.78, 5) is 22.5. The Morgan fingerprint density at radius 2 is 1.52 bits per heavy atom. The maximum atomic E-state index is 11.3. The van der Waals surface area contributed by atoms with Gasteiger partial charge in [0.2, 0.25) is 5.91 Å². The lowest BCUT2D eigenvalue weighted by Crippen LogP contribution is -2.16. The third kappa shape index (κ3) is 5.54. The van der Waals surface area contributed by atoms with Gasteiger partial charge >= 0.3 is 0 Å². The van der Waals surface area contributed by atoms with E-state index in [1.54, 1.807) is 14.0 Å². The minimum Gasteiger partial charge on any atom is -0.388 e. The van der Waals surface area contributed by atoms with Crippen molar-refractivity contribution in [1.82, 2.24) is 5.32 Å². The fraction of sp³-hybridized carbons (Fsp3) is 0.333. The molecule has 132 valence electrons. The van der Waals surface area contributed by atoms with Crippen LogP contribution in [-0.2, 0) is 4.79 Å². The van der Waals surface area contributed by atoms with Crippen molar-refractivity contribution >= 4 is 11.7 Å². The smallest absolute Gasteiger partial charge is 0.219 e. The molecular formula is C21H25NO3. The maximum absolute atomic E-state index is 11.3. The highest BCUT2D eigenvalue weighted by molar-refractivity contribution is 5.94. The van der Waals surface area contributed by atoms with Gasteiger partial charge in [-0.25, -0.2) is 0 Å². The summed E-state index contributed by atoms with van der Waals surface area (Å²) >= 11 is 0. The zero-order chi connectivity index (χ0) is 18.2. The predicted octanol–water partition coefficient (Wildman–Crippen LogP) is 3.90. The van der Waals surface area contributed by atoms with Gasteiger partial charge in [0.25, 0.3) is 0 Å². The van der Waals surface area contributed by atoms with E-state index in [1.165, 1.54) is 0 Å². The lowest BCUT2D eigenvalue weighted by molar-refractivity contribution is -0.120. The van der Waals surface area contributed by atoms with Gasteiger partial charge in [0, 0.05) is 19.0 Å². The van der Waals surface area contributed by atoms with Crippen molar-refractivity contribution in [3.8, 4) is 11.1 Å². The average molecular weight is 339 g/mol. The van der Waals surface area contributed by atoms with Crippen LogP contribution >= 0.6 is 0 Å². The number of benzene rings is 2. The van der Waals surface area contributed by atoms with Crippen molar-refractivity contribution in [3.05, 3.63) is 59.7 Å². The van der Waals surface area contributed by atoms with Crippen LogP contribution in [0, 0.1) is 0 Å². The average Bonchev–Trinajstić information content (AvgIpc) is 2.65. The van der Waals surface area contributed by atoms with Crippen LogP contribution in [0.15, 0.2) is 48.5 Å². The molecule has 4 nitrogen and oxygen atoms in total. The topological polar surface area (TPSA) is 66.4 Å². The molecule has 0 spiro atoms. The first-order valence-corrected chi connectivity index (χ1v) is 8.61. The number of Topliss-reactive ketones (excluding diaryl/α,β-unsaturated/α-hetero) is 1. The summed E-state index contributed by atoms with van der Waals surface area (Å²) in [6, 6.07) is 15.3. The van der Waals surface area contributed by atoms with Crippen LogP contribution in [0.3, 0.4) is 0 Å². The molecule has 25 heavy (non-hydrogen) atoms. The molecule has 0 saturated carbocycles. The standard InChI is InChI=1S/C21H25NO3/c1-15(23)16-7-9-17(10-8-16)18-11-13-19(14-12-18)20(24)5-3-4-6-21(25)22-2/h7-14,20,24H,3-6H2,1-2H3,(H,22,25). The number of nitrogens with one attached hydrogen (secondary N) is 1. The summed E-state index contributed by atoms with van der Waals surface area (Å²) in [5, 5.41) is 12.9. The van der Waals surface area contributed by atoms with E-state index in [9.17, 15) is 14.7 Å². The maximum Gasteiger partial charge on any atom is 0.219 e. The molecule has 1 atom stereocenters.